The van der Waals surface area contributed by atoms with Gasteiger partial charge in [-0.3, -0.25) is 9.59 Å². The van der Waals surface area contributed by atoms with Gasteiger partial charge in [0.1, 0.15) is 45.5 Å². The summed E-state index contributed by atoms with van der Waals surface area (Å²) in [6.45, 7) is 1.10. The molecule has 0 spiro atoms. The molecule has 3 aliphatic rings. The van der Waals surface area contributed by atoms with Gasteiger partial charge in [0.15, 0.2) is 11.6 Å². The molecule has 9 nitrogen and oxygen atoms in total. The van der Waals surface area contributed by atoms with E-state index in [1.54, 1.807) is 37.3 Å². The van der Waals surface area contributed by atoms with Crippen LogP contribution in [0.5, 0.6) is 11.5 Å². The Bertz CT molecular complexity index is 2020. The van der Waals surface area contributed by atoms with Crippen molar-refractivity contribution >= 4 is 45.9 Å². The highest BCUT2D eigenvalue weighted by Crippen LogP contribution is 2.49. The number of halogens is 4. The van der Waals surface area contributed by atoms with E-state index in [1.165, 1.54) is 12.1 Å². The molecule has 2 aromatic carbocycles. The summed E-state index contributed by atoms with van der Waals surface area (Å²) in [6, 6.07) is 10.2. The maximum absolute atomic E-state index is 14.6. The number of nitrogens with zero attached hydrogens (tertiary/aromatic N) is 2. The van der Waals surface area contributed by atoms with Crippen LogP contribution in [0.25, 0.3) is 22.2 Å². The molecule has 1 fully saturated rings. The van der Waals surface area contributed by atoms with E-state index in [0.29, 0.717) is 28.6 Å². The zero-order valence-corrected chi connectivity index (χ0v) is 25.8. The number of aromatic nitrogens is 2. The Hall–Kier alpha value is -4.32. The summed E-state index contributed by atoms with van der Waals surface area (Å²) in [7, 11) is 0. The summed E-state index contributed by atoms with van der Waals surface area (Å²) in [6.07, 6.45) is 4.02. The fraction of sp³-hybridized carbons (Fsp3) is 0.273. The first-order chi connectivity index (χ1) is 21.9. The number of nitrogens with two attached hydrogens (primary N) is 1. The Morgan fingerprint density at radius 3 is 2.63 bits per heavy atom. The maximum atomic E-state index is 14.6. The topological polar surface area (TPSA) is 137 Å². The first-order valence-corrected chi connectivity index (χ1v) is 15.2. The first-order valence-electron chi connectivity index (χ1n) is 14.5. The summed E-state index contributed by atoms with van der Waals surface area (Å²) in [5.74, 6) is -3.14. The molecule has 1 unspecified atom stereocenters. The van der Waals surface area contributed by atoms with Crippen molar-refractivity contribution in [2.45, 2.75) is 43.3 Å². The molecule has 2 amide bonds. The van der Waals surface area contributed by atoms with E-state index >= 15 is 0 Å². The minimum Gasteiger partial charge on any atom is -0.489 e. The number of amides is 2. The number of nitrogens with one attached hydrogen (secondary N) is 1. The van der Waals surface area contributed by atoms with Gasteiger partial charge in [-0.1, -0.05) is 29.3 Å². The molecule has 0 radical (unpaired) electrons. The van der Waals surface area contributed by atoms with Gasteiger partial charge < -0.3 is 25.6 Å². The van der Waals surface area contributed by atoms with E-state index in [-0.39, 0.29) is 58.2 Å². The van der Waals surface area contributed by atoms with Crippen molar-refractivity contribution in [1.82, 2.24) is 15.3 Å². The number of hydrogen-bond acceptors (Lipinski definition) is 7. The number of carbonyl (C=O) groups is 2. The lowest BCUT2D eigenvalue weighted by Crippen LogP contribution is -2.42. The number of benzene rings is 2. The summed E-state index contributed by atoms with van der Waals surface area (Å²) >= 11 is 12.3. The molecule has 1 saturated carbocycles. The number of primary amides is 1. The summed E-state index contributed by atoms with van der Waals surface area (Å²) in [4.78, 5) is 35.2. The van der Waals surface area contributed by atoms with E-state index in [1.807, 2.05) is 0 Å². The van der Waals surface area contributed by atoms with Gasteiger partial charge in [0.25, 0.3) is 5.91 Å². The molecule has 13 heteroatoms. The largest absolute Gasteiger partial charge is 0.489 e. The van der Waals surface area contributed by atoms with Gasteiger partial charge >= 0.3 is 0 Å². The molecule has 2 aliphatic carbocycles. The highest BCUT2D eigenvalue weighted by molar-refractivity contribution is 6.33. The van der Waals surface area contributed by atoms with Crippen molar-refractivity contribution in [3.8, 4) is 22.8 Å². The number of allylic oxidation sites excluding steroid dienone is 1. The summed E-state index contributed by atoms with van der Waals surface area (Å²) in [5, 5.41) is 15.3. The molecule has 4 aromatic rings. The molecule has 236 valence electrons. The van der Waals surface area contributed by atoms with Crippen LogP contribution in [0.3, 0.4) is 0 Å². The van der Waals surface area contributed by atoms with E-state index in [9.17, 15) is 23.5 Å². The molecule has 0 bridgehead atoms. The predicted octanol–water partition coefficient (Wildman–Crippen LogP) is 5.51. The molecule has 4 N–H and O–H groups in total. The first kappa shape index (κ1) is 30.3. The molecular formula is C33H26Cl2F2N4O5. The number of aliphatic hydroxyl groups is 1. The lowest BCUT2D eigenvalue weighted by molar-refractivity contribution is -0.123. The Balaban J connectivity index is 1.28. The molecular weight excluding hydrogens is 641 g/mol. The summed E-state index contributed by atoms with van der Waals surface area (Å²) in [5.41, 5.74) is 4.20. The third-order valence-corrected chi connectivity index (χ3v) is 9.16. The minimum absolute atomic E-state index is 0.0170. The van der Waals surface area contributed by atoms with Crippen LogP contribution in [0.15, 0.2) is 54.1 Å². The van der Waals surface area contributed by atoms with E-state index < -0.39 is 39.5 Å². The van der Waals surface area contributed by atoms with Crippen LogP contribution < -0.4 is 20.5 Å². The molecule has 1 aliphatic heterocycles. The third-order valence-electron chi connectivity index (χ3n) is 8.58. The minimum atomic E-state index is -1.86. The highest BCUT2D eigenvalue weighted by Gasteiger charge is 2.47. The van der Waals surface area contributed by atoms with Crippen LogP contribution in [0.4, 0.5) is 8.78 Å². The fourth-order valence-electron chi connectivity index (χ4n) is 5.52. The SMILES string of the molecule is C[C@]1(C(N)=O)COc2c1cc(C(O)(CNC(=O)c1cc(OC3CC3)c3nc(Cl)ccc3c1)C1=CC1)nc2-c1ccc(F)c(F)c1Cl. The predicted molar refractivity (Wildman–Crippen MR) is 166 cm³/mol. The molecule has 2 aromatic heterocycles. The number of pyridine rings is 2. The van der Waals surface area contributed by atoms with Crippen LogP contribution >= 0.6 is 23.2 Å². The Morgan fingerprint density at radius 2 is 1.93 bits per heavy atom. The molecule has 2 atom stereocenters. The van der Waals surface area contributed by atoms with E-state index in [2.05, 4.69) is 15.3 Å². The van der Waals surface area contributed by atoms with Crippen LogP contribution in [-0.2, 0) is 15.8 Å². The monoisotopic (exact) mass is 666 g/mol. The van der Waals surface area contributed by atoms with Crippen molar-refractivity contribution in [2.24, 2.45) is 5.73 Å². The van der Waals surface area contributed by atoms with Crippen LogP contribution in [0.2, 0.25) is 10.2 Å². The van der Waals surface area contributed by atoms with Gasteiger partial charge in [0.05, 0.1) is 23.4 Å². The second kappa shape index (κ2) is 10.9. The number of ether oxygens (including phenoxy) is 2. The van der Waals surface area contributed by atoms with Gasteiger partial charge in [-0.2, -0.15) is 0 Å². The number of carbonyl (C=O) groups excluding carboxylic acids is 2. The molecule has 0 saturated heterocycles. The standard InChI is InChI=1S/C33H26Cl2F2N4O5/c1-32(31(38)43)14-45-29-20(32)12-23(40-28(29)19-7-8-21(36)26(37)25(19)35)33(44,17-3-4-17)13-39-30(42)16-10-15-2-9-24(34)41-27(15)22(11-16)46-18-5-6-18/h2-3,7-12,18,44H,4-6,13-14H2,1H3,(H2,38,43)(H,39,42)/t32-,33?/m0/s1. The van der Waals surface area contributed by atoms with Crippen molar-refractivity contribution in [2.75, 3.05) is 13.2 Å². The number of fused-ring (bicyclic) bond motifs is 2. The van der Waals surface area contributed by atoms with Gasteiger partial charge in [-0.25, -0.2) is 18.7 Å². The second-order valence-electron chi connectivity index (χ2n) is 11.9. The zero-order chi connectivity index (χ0) is 32.5. The average Bonchev–Trinajstić information content (AvgIpc) is 3.97. The highest BCUT2D eigenvalue weighted by atomic mass is 35.5. The Kier molecular flexibility index (Phi) is 7.18. The quantitative estimate of drug-likeness (QED) is 0.122. The molecule has 3 heterocycles. The normalized spacial score (nSPS) is 19.6. The maximum Gasteiger partial charge on any atom is 0.251 e. The van der Waals surface area contributed by atoms with Crippen LogP contribution in [0.1, 0.15) is 47.8 Å². The lowest BCUT2D eigenvalue weighted by atomic mass is 9.81. The van der Waals surface area contributed by atoms with Gasteiger partial charge in [0, 0.05) is 22.1 Å². The van der Waals surface area contributed by atoms with Crippen LogP contribution in [-0.4, -0.2) is 46.1 Å². The second-order valence-corrected chi connectivity index (χ2v) is 12.7. The van der Waals surface area contributed by atoms with Crippen molar-refractivity contribution in [1.29, 1.82) is 0 Å². The lowest BCUT2D eigenvalue weighted by Gasteiger charge is -2.28. The van der Waals surface area contributed by atoms with Crippen molar-refractivity contribution in [3.63, 3.8) is 0 Å². The molecule has 7 rings (SSSR count). The fourth-order valence-corrected chi connectivity index (χ4v) is 5.91. The Morgan fingerprint density at radius 1 is 1.17 bits per heavy atom. The molecule has 46 heavy (non-hydrogen) atoms. The van der Waals surface area contributed by atoms with Gasteiger partial charge in [-0.05, 0) is 74.2 Å². The third kappa shape index (κ3) is 5.12. The number of hydrogen-bond donors (Lipinski definition) is 3. The van der Waals surface area contributed by atoms with Gasteiger partial charge in [-0.15, -0.1) is 0 Å². The van der Waals surface area contributed by atoms with Crippen LogP contribution in [0, 0.1) is 11.6 Å². The smallest absolute Gasteiger partial charge is 0.251 e. The van der Waals surface area contributed by atoms with E-state index in [0.717, 1.165) is 18.9 Å². The zero-order valence-electron chi connectivity index (χ0n) is 24.3. The van der Waals surface area contributed by atoms with E-state index in [4.69, 9.17) is 38.4 Å². The average molecular weight is 667 g/mol. The van der Waals surface area contributed by atoms with Crippen molar-refractivity contribution in [3.05, 3.63) is 92.7 Å². The van der Waals surface area contributed by atoms with Crippen molar-refractivity contribution < 1.29 is 33.0 Å². The van der Waals surface area contributed by atoms with Gasteiger partial charge in [0.2, 0.25) is 5.91 Å². The summed E-state index contributed by atoms with van der Waals surface area (Å²) < 4.78 is 40.5. The Labute approximate surface area is 271 Å². The number of rotatable bonds is 9.